The number of aromatic nitrogens is 3. The third kappa shape index (κ3) is 3.07. The number of nitriles is 1. The molecular weight excluding hydrogens is 367 g/mol. The highest BCUT2D eigenvalue weighted by Gasteiger charge is 2.44. The SMILES string of the molecule is Cc1cncc(-c2ncc(C#N)c(N3C[C@@H]4C[C@@H]3CN4c3cccc(F)c3)n2)c1. The van der Waals surface area contributed by atoms with Crippen molar-refractivity contribution in [2.75, 3.05) is 22.9 Å². The Morgan fingerprint density at radius 1 is 1.10 bits per heavy atom. The molecule has 2 saturated heterocycles. The lowest BCUT2D eigenvalue weighted by molar-refractivity contribution is 0.617. The third-order valence-electron chi connectivity index (χ3n) is 5.67. The molecule has 0 amide bonds. The van der Waals surface area contributed by atoms with E-state index in [1.807, 2.05) is 19.1 Å². The van der Waals surface area contributed by atoms with Crippen molar-refractivity contribution in [3.05, 3.63) is 65.9 Å². The minimum Gasteiger partial charge on any atom is -0.365 e. The second-order valence-electron chi connectivity index (χ2n) is 7.62. The summed E-state index contributed by atoms with van der Waals surface area (Å²) >= 11 is 0. The van der Waals surface area contributed by atoms with Gasteiger partial charge in [0.2, 0.25) is 0 Å². The van der Waals surface area contributed by atoms with Crippen LogP contribution in [0.2, 0.25) is 0 Å². The van der Waals surface area contributed by atoms with Gasteiger partial charge in [-0.1, -0.05) is 6.07 Å². The molecule has 2 fully saturated rings. The fraction of sp³-hybridized carbons (Fsp3) is 0.273. The van der Waals surface area contributed by atoms with Crippen LogP contribution in [0.4, 0.5) is 15.9 Å². The summed E-state index contributed by atoms with van der Waals surface area (Å²) in [5.41, 5.74) is 3.25. The number of anilines is 2. The Hall–Kier alpha value is -3.53. The summed E-state index contributed by atoms with van der Waals surface area (Å²) in [6, 6.07) is 11.5. The van der Waals surface area contributed by atoms with Gasteiger partial charge < -0.3 is 9.80 Å². The number of rotatable bonds is 3. The molecule has 5 rings (SSSR count). The maximum Gasteiger partial charge on any atom is 0.163 e. The predicted molar refractivity (Wildman–Crippen MR) is 108 cm³/mol. The molecule has 1 aromatic carbocycles. The number of hydrogen-bond acceptors (Lipinski definition) is 6. The van der Waals surface area contributed by atoms with Crippen LogP contribution in [0.15, 0.2) is 48.9 Å². The van der Waals surface area contributed by atoms with E-state index in [-0.39, 0.29) is 17.9 Å². The van der Waals surface area contributed by atoms with Gasteiger partial charge in [-0.25, -0.2) is 14.4 Å². The zero-order valence-corrected chi connectivity index (χ0v) is 16.0. The van der Waals surface area contributed by atoms with Crippen LogP contribution in [-0.2, 0) is 0 Å². The van der Waals surface area contributed by atoms with Gasteiger partial charge >= 0.3 is 0 Å². The van der Waals surface area contributed by atoms with Crippen molar-refractivity contribution in [2.45, 2.75) is 25.4 Å². The number of piperazine rings is 1. The minimum atomic E-state index is -0.221. The molecule has 0 spiro atoms. The van der Waals surface area contributed by atoms with Gasteiger partial charge in [-0.05, 0) is 43.2 Å². The van der Waals surface area contributed by atoms with Crippen molar-refractivity contribution in [1.29, 1.82) is 5.26 Å². The van der Waals surface area contributed by atoms with Crippen LogP contribution >= 0.6 is 0 Å². The van der Waals surface area contributed by atoms with Crippen molar-refractivity contribution in [3.63, 3.8) is 0 Å². The average Bonchev–Trinajstić information content (AvgIpc) is 3.34. The second kappa shape index (κ2) is 6.82. The van der Waals surface area contributed by atoms with Gasteiger partial charge in [0.1, 0.15) is 17.4 Å². The Morgan fingerprint density at radius 2 is 1.93 bits per heavy atom. The van der Waals surface area contributed by atoms with Crippen molar-refractivity contribution in [3.8, 4) is 17.5 Å². The van der Waals surface area contributed by atoms with Crippen molar-refractivity contribution in [1.82, 2.24) is 15.0 Å². The molecule has 3 aromatic rings. The summed E-state index contributed by atoms with van der Waals surface area (Å²) in [5, 5.41) is 9.59. The molecule has 0 N–H and O–H groups in total. The maximum absolute atomic E-state index is 13.6. The van der Waals surface area contributed by atoms with Crippen LogP contribution in [0.5, 0.6) is 0 Å². The van der Waals surface area contributed by atoms with E-state index >= 15 is 0 Å². The molecule has 0 aliphatic carbocycles. The number of nitrogens with zero attached hydrogens (tertiary/aromatic N) is 6. The highest BCUT2D eigenvalue weighted by atomic mass is 19.1. The number of pyridine rings is 1. The van der Waals surface area contributed by atoms with Gasteiger partial charge in [0.15, 0.2) is 11.6 Å². The molecule has 2 aromatic heterocycles. The Morgan fingerprint density at radius 3 is 2.66 bits per heavy atom. The number of benzene rings is 1. The monoisotopic (exact) mass is 386 g/mol. The zero-order valence-electron chi connectivity index (χ0n) is 16.0. The van der Waals surface area contributed by atoms with Gasteiger partial charge in [-0.3, -0.25) is 4.98 Å². The predicted octanol–water partition coefficient (Wildman–Crippen LogP) is 3.33. The molecule has 7 heteroatoms. The second-order valence-corrected chi connectivity index (χ2v) is 7.62. The summed E-state index contributed by atoms with van der Waals surface area (Å²) in [5.74, 6) is 1.02. The fourth-order valence-electron chi connectivity index (χ4n) is 4.38. The highest BCUT2D eigenvalue weighted by molar-refractivity contribution is 5.64. The Kier molecular flexibility index (Phi) is 4.13. The molecule has 4 heterocycles. The minimum absolute atomic E-state index is 0.221. The molecule has 0 saturated carbocycles. The molecule has 29 heavy (non-hydrogen) atoms. The van der Waals surface area contributed by atoms with Gasteiger partial charge in [-0.2, -0.15) is 5.26 Å². The first kappa shape index (κ1) is 17.6. The number of fused-ring (bicyclic) bond motifs is 2. The fourth-order valence-corrected chi connectivity index (χ4v) is 4.38. The molecule has 2 atom stereocenters. The molecular formula is C22H19FN6. The lowest BCUT2D eigenvalue weighted by Crippen LogP contribution is -2.47. The quantitative estimate of drug-likeness (QED) is 0.688. The van der Waals surface area contributed by atoms with Crippen LogP contribution in [0, 0.1) is 24.1 Å². The average molecular weight is 386 g/mol. The lowest BCUT2D eigenvalue weighted by Gasteiger charge is -2.36. The zero-order chi connectivity index (χ0) is 20.0. The molecule has 0 radical (unpaired) electrons. The molecule has 144 valence electrons. The normalized spacial score (nSPS) is 20.2. The first-order valence-electron chi connectivity index (χ1n) is 9.60. The summed E-state index contributed by atoms with van der Waals surface area (Å²) in [6.07, 6.45) is 6.08. The molecule has 2 aliphatic heterocycles. The third-order valence-corrected chi connectivity index (χ3v) is 5.67. The molecule has 0 unspecified atom stereocenters. The summed E-state index contributed by atoms with van der Waals surface area (Å²) < 4.78 is 13.6. The van der Waals surface area contributed by atoms with Gasteiger partial charge in [0.05, 0.1) is 12.2 Å². The van der Waals surface area contributed by atoms with Crippen LogP contribution in [-0.4, -0.2) is 40.1 Å². The number of aryl methyl sites for hydroxylation is 1. The highest BCUT2D eigenvalue weighted by Crippen LogP contribution is 2.38. The topological polar surface area (TPSA) is 68.9 Å². The van der Waals surface area contributed by atoms with E-state index in [0.29, 0.717) is 17.2 Å². The largest absolute Gasteiger partial charge is 0.365 e. The van der Waals surface area contributed by atoms with E-state index in [4.69, 9.17) is 4.98 Å². The van der Waals surface area contributed by atoms with Crippen LogP contribution in [0.25, 0.3) is 11.4 Å². The van der Waals surface area contributed by atoms with E-state index in [2.05, 4.69) is 25.8 Å². The Bertz CT molecular complexity index is 1120. The van der Waals surface area contributed by atoms with Crippen molar-refractivity contribution in [2.24, 2.45) is 0 Å². The Balaban J connectivity index is 1.45. The smallest absolute Gasteiger partial charge is 0.163 e. The van der Waals surface area contributed by atoms with Crippen LogP contribution in [0.3, 0.4) is 0 Å². The van der Waals surface area contributed by atoms with E-state index in [1.165, 1.54) is 6.07 Å². The van der Waals surface area contributed by atoms with Crippen molar-refractivity contribution < 1.29 is 4.39 Å². The molecule has 2 bridgehead atoms. The Labute approximate surface area is 168 Å². The summed E-state index contributed by atoms with van der Waals surface area (Å²) in [4.78, 5) is 17.8. The number of hydrogen-bond donors (Lipinski definition) is 0. The summed E-state index contributed by atoms with van der Waals surface area (Å²) in [6.45, 7) is 3.50. The van der Waals surface area contributed by atoms with E-state index in [9.17, 15) is 9.65 Å². The van der Waals surface area contributed by atoms with Gasteiger partial charge in [-0.15, -0.1) is 0 Å². The number of halogens is 1. The molecule has 2 aliphatic rings. The van der Waals surface area contributed by atoms with Gasteiger partial charge in [0, 0.05) is 42.8 Å². The molecule has 6 nitrogen and oxygen atoms in total. The van der Waals surface area contributed by atoms with Crippen LogP contribution in [0.1, 0.15) is 17.5 Å². The van der Waals surface area contributed by atoms with Crippen molar-refractivity contribution >= 4 is 11.5 Å². The summed E-state index contributed by atoms with van der Waals surface area (Å²) in [7, 11) is 0. The lowest BCUT2D eigenvalue weighted by atomic mass is 10.2. The first-order valence-corrected chi connectivity index (χ1v) is 9.60. The van der Waals surface area contributed by atoms with E-state index in [0.717, 1.165) is 36.3 Å². The maximum atomic E-state index is 13.6. The van der Waals surface area contributed by atoms with Crippen LogP contribution < -0.4 is 9.80 Å². The standard InChI is InChI=1S/C22H19FN6/c1-14-5-15(10-25-9-14)21-26-11-16(8-24)22(27-21)29-13-19-7-20(29)12-28(19)18-4-2-3-17(23)6-18/h2-6,9-11,19-20H,7,12-13H2,1H3/t19-,20+/m0/s1. The van der Waals surface area contributed by atoms with Gasteiger partial charge in [0.25, 0.3) is 0 Å². The first-order chi connectivity index (χ1) is 14.1. The van der Waals surface area contributed by atoms with E-state index in [1.54, 1.807) is 30.7 Å². The van der Waals surface area contributed by atoms with E-state index < -0.39 is 0 Å².